The summed E-state index contributed by atoms with van der Waals surface area (Å²) in [5.41, 5.74) is 0. The highest BCUT2D eigenvalue weighted by molar-refractivity contribution is 8.05. The fraction of sp³-hybridized carbons (Fsp3) is 0.333. The predicted octanol–water partition coefficient (Wildman–Crippen LogP) is -0.723. The molecule has 13 heavy (non-hydrogen) atoms. The van der Waals surface area contributed by atoms with Gasteiger partial charge in [0.2, 0.25) is 0 Å². The number of carbonyl (C=O) groups excluding carboxylic acids is 3. The zero-order valence-corrected chi connectivity index (χ0v) is 7.42. The number of carbonyl (C=O) groups is 3. The number of thiocyanates is 1. The lowest BCUT2D eigenvalue weighted by atomic mass is 10.3. The number of nitrogens with one attached hydrogen (secondary N) is 1. The number of nitrogens with zero attached hydrogens (tertiary/aromatic N) is 2. The summed E-state index contributed by atoms with van der Waals surface area (Å²) >= 11 is 0.524. The van der Waals surface area contributed by atoms with Gasteiger partial charge >= 0.3 is 6.03 Å². The van der Waals surface area contributed by atoms with Gasteiger partial charge in [-0.05, 0) is 11.8 Å². The zero-order valence-electron chi connectivity index (χ0n) is 6.60. The standard InChI is InChI=1S/C6H5N3O3S/c1-9-5(11)3(13-2-7)4(10)8-6(9)12/h3H,1H3,(H,8,10,12). The first-order valence-corrected chi connectivity index (χ1v) is 4.13. The van der Waals surface area contributed by atoms with Crippen LogP contribution in [0.3, 0.4) is 0 Å². The van der Waals surface area contributed by atoms with E-state index >= 15 is 0 Å². The first-order valence-electron chi connectivity index (χ1n) is 3.25. The predicted molar refractivity (Wildman–Crippen MR) is 43.3 cm³/mol. The molecular formula is C6H5N3O3S. The average Bonchev–Trinajstić information content (AvgIpc) is 2.09. The highest BCUT2D eigenvalue weighted by atomic mass is 32.2. The Labute approximate surface area is 77.9 Å². The molecule has 4 amide bonds. The topological polar surface area (TPSA) is 90.3 Å². The van der Waals surface area contributed by atoms with Crippen molar-refractivity contribution in [1.82, 2.24) is 10.2 Å². The van der Waals surface area contributed by atoms with Crippen LogP contribution in [-0.4, -0.2) is 35.0 Å². The Balaban J connectivity index is 2.87. The molecule has 0 aromatic rings. The van der Waals surface area contributed by atoms with E-state index in [1.165, 1.54) is 7.05 Å². The third-order valence-electron chi connectivity index (χ3n) is 1.50. The molecule has 6 nitrogen and oxygen atoms in total. The lowest BCUT2D eigenvalue weighted by molar-refractivity contribution is -0.134. The molecule has 0 aliphatic carbocycles. The molecule has 7 heteroatoms. The molecule has 1 aliphatic heterocycles. The number of urea groups is 1. The van der Waals surface area contributed by atoms with Crippen LogP contribution in [0.5, 0.6) is 0 Å². The minimum Gasteiger partial charge on any atom is -0.276 e. The van der Waals surface area contributed by atoms with Crippen LogP contribution < -0.4 is 5.32 Å². The molecule has 0 spiro atoms. The first-order chi connectivity index (χ1) is 6.07. The maximum atomic E-state index is 11.2. The van der Waals surface area contributed by atoms with Gasteiger partial charge in [0, 0.05) is 7.05 Å². The second-order valence-corrected chi connectivity index (χ2v) is 3.17. The van der Waals surface area contributed by atoms with E-state index in [2.05, 4.69) is 0 Å². The van der Waals surface area contributed by atoms with E-state index in [0.717, 1.165) is 4.90 Å². The van der Waals surface area contributed by atoms with E-state index in [9.17, 15) is 14.4 Å². The molecule has 68 valence electrons. The van der Waals surface area contributed by atoms with Crippen molar-refractivity contribution >= 4 is 29.6 Å². The van der Waals surface area contributed by atoms with E-state index in [-0.39, 0.29) is 0 Å². The molecule has 0 radical (unpaired) electrons. The largest absolute Gasteiger partial charge is 0.330 e. The number of nitriles is 1. The van der Waals surface area contributed by atoms with Gasteiger partial charge in [0.05, 0.1) is 0 Å². The minimum atomic E-state index is -1.13. The van der Waals surface area contributed by atoms with Crippen LogP contribution in [0.1, 0.15) is 0 Å². The van der Waals surface area contributed by atoms with Gasteiger partial charge < -0.3 is 0 Å². The van der Waals surface area contributed by atoms with Crippen molar-refractivity contribution in [1.29, 1.82) is 5.26 Å². The highest BCUT2D eigenvalue weighted by Crippen LogP contribution is 2.15. The van der Waals surface area contributed by atoms with Crippen molar-refractivity contribution in [3.05, 3.63) is 0 Å². The quantitative estimate of drug-likeness (QED) is 0.444. The molecule has 1 N–H and O–H groups in total. The molecule has 0 bridgehead atoms. The van der Waals surface area contributed by atoms with E-state index in [1.54, 1.807) is 5.40 Å². The third kappa shape index (κ3) is 1.62. The van der Waals surface area contributed by atoms with Gasteiger partial charge in [-0.15, -0.1) is 0 Å². The summed E-state index contributed by atoms with van der Waals surface area (Å²) in [7, 11) is 1.25. The number of amides is 4. The molecule has 1 saturated heterocycles. The molecule has 1 fully saturated rings. The van der Waals surface area contributed by atoms with E-state index in [0.29, 0.717) is 11.8 Å². The fourth-order valence-corrected chi connectivity index (χ4v) is 1.33. The van der Waals surface area contributed by atoms with Crippen molar-refractivity contribution in [2.75, 3.05) is 7.05 Å². The van der Waals surface area contributed by atoms with Gasteiger partial charge in [-0.1, -0.05) is 0 Å². The van der Waals surface area contributed by atoms with Crippen molar-refractivity contribution in [2.24, 2.45) is 0 Å². The molecule has 1 atom stereocenters. The van der Waals surface area contributed by atoms with Crippen molar-refractivity contribution in [2.45, 2.75) is 5.25 Å². The average molecular weight is 199 g/mol. The van der Waals surface area contributed by atoms with E-state index < -0.39 is 23.1 Å². The van der Waals surface area contributed by atoms with Crippen LogP contribution in [0, 0.1) is 10.7 Å². The van der Waals surface area contributed by atoms with Gasteiger partial charge in [-0.25, -0.2) is 4.79 Å². The lowest BCUT2D eigenvalue weighted by Crippen LogP contribution is -2.57. The van der Waals surface area contributed by atoms with Crippen molar-refractivity contribution < 1.29 is 14.4 Å². The number of thioether (sulfide) groups is 1. The first kappa shape index (κ1) is 9.54. The van der Waals surface area contributed by atoms with Crippen LogP contribution >= 0.6 is 11.8 Å². The van der Waals surface area contributed by atoms with Crippen molar-refractivity contribution in [3.8, 4) is 5.40 Å². The monoisotopic (exact) mass is 199 g/mol. The van der Waals surface area contributed by atoms with Crippen molar-refractivity contribution in [3.63, 3.8) is 0 Å². The van der Waals surface area contributed by atoms with Crippen LogP contribution in [-0.2, 0) is 9.59 Å². The number of imide groups is 2. The smallest absolute Gasteiger partial charge is 0.276 e. The molecule has 1 aliphatic rings. The van der Waals surface area contributed by atoms with Crippen LogP contribution in [0.15, 0.2) is 0 Å². The number of rotatable bonds is 1. The molecule has 0 aromatic carbocycles. The third-order valence-corrected chi connectivity index (χ3v) is 2.26. The van der Waals surface area contributed by atoms with Crippen LogP contribution in [0.4, 0.5) is 4.79 Å². The Bertz CT molecular complexity index is 322. The molecule has 1 heterocycles. The Morgan fingerprint density at radius 3 is 2.69 bits per heavy atom. The Kier molecular flexibility index (Phi) is 2.53. The number of barbiturate groups is 1. The number of hydrogen-bond acceptors (Lipinski definition) is 5. The maximum Gasteiger partial charge on any atom is 0.330 e. The Morgan fingerprint density at radius 2 is 2.15 bits per heavy atom. The summed E-state index contributed by atoms with van der Waals surface area (Å²) in [6.07, 6.45) is 0. The second kappa shape index (κ2) is 3.45. The highest BCUT2D eigenvalue weighted by Gasteiger charge is 2.38. The minimum absolute atomic E-state index is 0.524. The van der Waals surface area contributed by atoms with Gasteiger partial charge in [-0.3, -0.25) is 19.8 Å². The summed E-state index contributed by atoms with van der Waals surface area (Å²) in [6.45, 7) is 0. The van der Waals surface area contributed by atoms with E-state index in [4.69, 9.17) is 5.26 Å². The van der Waals surface area contributed by atoms with E-state index in [1.807, 2.05) is 5.32 Å². The Hall–Kier alpha value is -1.55. The zero-order chi connectivity index (χ0) is 10.0. The molecular weight excluding hydrogens is 194 g/mol. The van der Waals surface area contributed by atoms with Crippen LogP contribution in [0.25, 0.3) is 0 Å². The lowest BCUT2D eigenvalue weighted by Gasteiger charge is -2.24. The van der Waals surface area contributed by atoms with Gasteiger partial charge in [-0.2, -0.15) is 5.26 Å². The Morgan fingerprint density at radius 1 is 1.54 bits per heavy atom. The fourth-order valence-electron chi connectivity index (χ4n) is 0.800. The summed E-state index contributed by atoms with van der Waals surface area (Å²) in [5.74, 6) is -1.40. The summed E-state index contributed by atoms with van der Waals surface area (Å²) in [6, 6.07) is -0.759. The molecule has 0 aromatic heterocycles. The van der Waals surface area contributed by atoms with Crippen LogP contribution in [0.2, 0.25) is 0 Å². The summed E-state index contributed by atoms with van der Waals surface area (Å²) < 4.78 is 0. The normalized spacial score (nSPS) is 22.6. The maximum absolute atomic E-state index is 11.2. The summed E-state index contributed by atoms with van der Waals surface area (Å²) in [4.78, 5) is 33.8. The second-order valence-electron chi connectivity index (χ2n) is 2.28. The molecule has 0 saturated carbocycles. The molecule has 1 rings (SSSR count). The SMILES string of the molecule is CN1C(=O)NC(=O)C(SC#N)C1=O. The number of hydrogen-bond donors (Lipinski definition) is 1. The van der Waals surface area contributed by atoms with Gasteiger partial charge in [0.1, 0.15) is 5.40 Å². The molecule has 1 unspecified atom stereocenters. The summed E-state index contributed by atoms with van der Waals surface area (Å²) in [5, 5.41) is 10.7. The van der Waals surface area contributed by atoms with Gasteiger partial charge in [0.15, 0.2) is 5.25 Å². The van der Waals surface area contributed by atoms with Gasteiger partial charge in [0.25, 0.3) is 11.8 Å².